The topological polar surface area (TPSA) is 61.4 Å². The smallest absolute Gasteiger partial charge is 0.257 e. The molecule has 3 saturated heterocycles. The van der Waals surface area contributed by atoms with Crippen LogP contribution in [-0.4, -0.2) is 53.5 Å². The van der Waals surface area contributed by atoms with Crippen molar-refractivity contribution in [3.63, 3.8) is 0 Å². The summed E-state index contributed by atoms with van der Waals surface area (Å²) in [5, 5.41) is 3.43. The van der Waals surface area contributed by atoms with E-state index in [1.807, 2.05) is 17.9 Å². The number of halogens is 3. The van der Waals surface area contributed by atoms with Gasteiger partial charge in [-0.1, -0.05) is 12.1 Å². The predicted molar refractivity (Wildman–Crippen MR) is 127 cm³/mol. The number of fused-ring (bicyclic) bond motifs is 1. The number of nitrogens with zero attached hydrogens (tertiary/aromatic N) is 4. The van der Waals surface area contributed by atoms with Gasteiger partial charge in [0, 0.05) is 44.8 Å². The number of aryl methyl sites for hydroxylation is 1. The highest BCUT2D eigenvalue weighted by atomic mass is 35.5. The van der Waals surface area contributed by atoms with Crippen molar-refractivity contribution in [2.45, 2.75) is 32.2 Å². The van der Waals surface area contributed by atoms with Gasteiger partial charge in [-0.25, -0.2) is 14.4 Å². The summed E-state index contributed by atoms with van der Waals surface area (Å²) in [5.41, 5.74) is 2.12. The maximum Gasteiger partial charge on any atom is 0.257 e. The highest BCUT2D eigenvalue weighted by Gasteiger charge is 2.47. The van der Waals surface area contributed by atoms with Crippen LogP contribution in [0.15, 0.2) is 30.5 Å². The van der Waals surface area contributed by atoms with Gasteiger partial charge in [-0.3, -0.25) is 4.79 Å². The Morgan fingerprint density at radius 2 is 1.94 bits per heavy atom. The second-order valence-corrected chi connectivity index (χ2v) is 8.76. The van der Waals surface area contributed by atoms with E-state index >= 15 is 0 Å². The van der Waals surface area contributed by atoms with Crippen LogP contribution in [-0.2, 0) is 0 Å². The summed E-state index contributed by atoms with van der Waals surface area (Å²) in [7, 11) is 0. The van der Waals surface area contributed by atoms with Crippen LogP contribution in [0.3, 0.4) is 0 Å². The third-order valence-corrected chi connectivity index (χ3v) is 6.85. The zero-order valence-electron chi connectivity index (χ0n) is 18.2. The minimum atomic E-state index is -0.264. The van der Waals surface area contributed by atoms with E-state index < -0.39 is 0 Å². The van der Waals surface area contributed by atoms with E-state index in [4.69, 9.17) is 0 Å². The largest absolute Gasteiger partial charge is 0.341 e. The molecule has 0 unspecified atom stereocenters. The molecule has 1 aromatic carbocycles. The minimum absolute atomic E-state index is 0. The lowest BCUT2D eigenvalue weighted by atomic mass is 9.89. The highest BCUT2D eigenvalue weighted by molar-refractivity contribution is 5.95. The SMILES string of the molecule is Cc1nc(N2CCCCC2)ncc1C(=O)N1C[C@@H]2CNC[C@@H]2[C@@H]1c1cccc(F)c1.Cl.Cl. The van der Waals surface area contributed by atoms with Crippen LogP contribution >= 0.6 is 24.8 Å². The standard InChI is InChI=1S/C23H28FN5O.2ClH/c1-15-19(13-26-23(27-15)28-8-3-2-4-9-28)22(30)29-14-17-11-25-12-20(17)21(29)16-6-5-7-18(24)10-16;;/h5-7,10,13,17,20-21,25H,2-4,8-9,11-12,14H2,1H3;2*1H/t17-,20-,21-;;/m0../s1. The van der Waals surface area contributed by atoms with E-state index in [-0.39, 0.29) is 42.6 Å². The van der Waals surface area contributed by atoms with Crippen LogP contribution in [0.25, 0.3) is 0 Å². The van der Waals surface area contributed by atoms with E-state index in [0.717, 1.165) is 44.6 Å². The lowest BCUT2D eigenvalue weighted by Gasteiger charge is -2.29. The molecule has 1 aromatic heterocycles. The number of nitrogens with one attached hydrogen (secondary N) is 1. The Kier molecular flexibility index (Phi) is 7.96. The molecule has 32 heavy (non-hydrogen) atoms. The van der Waals surface area contributed by atoms with Crippen LogP contribution in [0.2, 0.25) is 0 Å². The van der Waals surface area contributed by atoms with Gasteiger partial charge in [-0.2, -0.15) is 0 Å². The molecular weight excluding hydrogens is 452 g/mol. The monoisotopic (exact) mass is 481 g/mol. The number of hydrogen-bond acceptors (Lipinski definition) is 5. The van der Waals surface area contributed by atoms with Crippen molar-refractivity contribution >= 4 is 36.7 Å². The third kappa shape index (κ3) is 4.56. The molecule has 0 aliphatic carbocycles. The summed E-state index contributed by atoms with van der Waals surface area (Å²) < 4.78 is 14.0. The number of anilines is 1. The molecule has 0 bridgehead atoms. The molecular formula is C23H30Cl2FN5O. The Morgan fingerprint density at radius 1 is 1.16 bits per heavy atom. The van der Waals surface area contributed by atoms with Gasteiger partial charge in [-0.15, -0.1) is 24.8 Å². The molecule has 2 aromatic rings. The molecule has 0 saturated carbocycles. The third-order valence-electron chi connectivity index (χ3n) is 6.85. The first-order chi connectivity index (χ1) is 14.6. The Bertz CT molecular complexity index is 956. The molecule has 3 aliphatic rings. The van der Waals surface area contributed by atoms with Crippen LogP contribution in [0.5, 0.6) is 0 Å². The van der Waals surface area contributed by atoms with Crippen molar-refractivity contribution in [3.05, 3.63) is 53.1 Å². The number of benzene rings is 1. The summed E-state index contributed by atoms with van der Waals surface area (Å²) in [6.45, 7) is 6.24. The second kappa shape index (κ2) is 10.3. The second-order valence-electron chi connectivity index (χ2n) is 8.76. The molecule has 174 valence electrons. The zero-order chi connectivity index (χ0) is 20.7. The molecule has 9 heteroatoms. The number of carbonyl (C=O) groups excluding carboxylic acids is 1. The fourth-order valence-electron chi connectivity index (χ4n) is 5.31. The van der Waals surface area contributed by atoms with Crippen molar-refractivity contribution in [2.24, 2.45) is 11.8 Å². The van der Waals surface area contributed by atoms with Crippen molar-refractivity contribution in [2.75, 3.05) is 37.6 Å². The van der Waals surface area contributed by atoms with Gasteiger partial charge in [0.2, 0.25) is 5.95 Å². The van der Waals surface area contributed by atoms with Gasteiger partial charge in [0.15, 0.2) is 0 Å². The molecule has 1 N–H and O–H groups in total. The minimum Gasteiger partial charge on any atom is -0.341 e. The fraction of sp³-hybridized carbons (Fsp3) is 0.522. The average Bonchev–Trinajstić information content (AvgIpc) is 3.35. The summed E-state index contributed by atoms with van der Waals surface area (Å²) >= 11 is 0. The lowest BCUT2D eigenvalue weighted by molar-refractivity contribution is 0.0712. The normalized spacial score (nSPS) is 24.5. The molecule has 3 aliphatic heterocycles. The molecule has 1 amide bonds. The van der Waals surface area contributed by atoms with Gasteiger partial charge in [-0.05, 0) is 49.8 Å². The van der Waals surface area contributed by atoms with Gasteiger partial charge in [0.05, 0.1) is 17.3 Å². The summed E-state index contributed by atoms with van der Waals surface area (Å²) in [6.07, 6.45) is 5.25. The molecule has 5 rings (SSSR count). The van der Waals surface area contributed by atoms with E-state index in [0.29, 0.717) is 35.6 Å². The Balaban J connectivity index is 0.00000144. The van der Waals surface area contributed by atoms with Crippen molar-refractivity contribution < 1.29 is 9.18 Å². The van der Waals surface area contributed by atoms with Crippen molar-refractivity contribution in [1.82, 2.24) is 20.2 Å². The van der Waals surface area contributed by atoms with E-state index in [1.165, 1.54) is 12.5 Å². The number of amides is 1. The molecule has 3 fully saturated rings. The first-order valence-corrected chi connectivity index (χ1v) is 11.0. The van der Waals surface area contributed by atoms with Gasteiger partial charge >= 0.3 is 0 Å². The molecule has 0 radical (unpaired) electrons. The molecule has 4 heterocycles. The predicted octanol–water partition coefficient (Wildman–Crippen LogP) is 3.79. The number of likely N-dealkylation sites (tertiary alicyclic amines) is 1. The lowest BCUT2D eigenvalue weighted by Crippen LogP contribution is -2.36. The quantitative estimate of drug-likeness (QED) is 0.722. The van der Waals surface area contributed by atoms with Crippen LogP contribution in [0.4, 0.5) is 10.3 Å². The average molecular weight is 482 g/mol. The van der Waals surface area contributed by atoms with Crippen molar-refractivity contribution in [3.8, 4) is 0 Å². The van der Waals surface area contributed by atoms with Crippen LogP contribution < -0.4 is 10.2 Å². The molecule has 6 nitrogen and oxygen atoms in total. The van der Waals surface area contributed by atoms with E-state index in [9.17, 15) is 9.18 Å². The Labute approximate surface area is 200 Å². The van der Waals surface area contributed by atoms with E-state index in [2.05, 4.69) is 20.2 Å². The number of piperidine rings is 1. The summed E-state index contributed by atoms with van der Waals surface area (Å²) in [5.74, 6) is 1.08. The maximum atomic E-state index is 14.0. The summed E-state index contributed by atoms with van der Waals surface area (Å²) in [4.78, 5) is 26.9. The fourth-order valence-corrected chi connectivity index (χ4v) is 5.31. The van der Waals surface area contributed by atoms with Gasteiger partial charge < -0.3 is 15.1 Å². The maximum absolute atomic E-state index is 14.0. The number of carbonyl (C=O) groups is 1. The van der Waals surface area contributed by atoms with Crippen LogP contribution in [0.1, 0.15) is 46.9 Å². The number of aromatic nitrogens is 2. The Hall–Kier alpha value is -1.96. The first-order valence-electron chi connectivity index (χ1n) is 11.0. The molecule has 0 spiro atoms. The highest BCUT2D eigenvalue weighted by Crippen LogP contribution is 2.43. The van der Waals surface area contributed by atoms with Crippen LogP contribution in [0, 0.1) is 24.6 Å². The molecule has 3 atom stereocenters. The first kappa shape index (κ1) is 24.7. The zero-order valence-corrected chi connectivity index (χ0v) is 19.8. The van der Waals surface area contributed by atoms with Crippen molar-refractivity contribution in [1.29, 1.82) is 0 Å². The van der Waals surface area contributed by atoms with Gasteiger partial charge in [0.1, 0.15) is 5.82 Å². The van der Waals surface area contributed by atoms with E-state index in [1.54, 1.807) is 18.3 Å². The Morgan fingerprint density at radius 3 is 2.66 bits per heavy atom. The number of rotatable bonds is 3. The van der Waals surface area contributed by atoms with Gasteiger partial charge in [0.25, 0.3) is 5.91 Å². The number of hydrogen-bond donors (Lipinski definition) is 1. The summed E-state index contributed by atoms with van der Waals surface area (Å²) in [6, 6.07) is 6.54.